The van der Waals surface area contributed by atoms with Gasteiger partial charge in [-0.15, -0.1) is 0 Å². The summed E-state index contributed by atoms with van der Waals surface area (Å²) in [4.78, 5) is 25.6. The minimum absolute atomic E-state index is 0.00861. The number of hydrogen-bond acceptors (Lipinski definition) is 2. The fraction of sp³-hybridized carbons (Fsp3) is 0.360. The predicted octanol–water partition coefficient (Wildman–Crippen LogP) is 5.05. The Balaban J connectivity index is 0.000000190. The molecule has 1 aliphatic carbocycles. The molecule has 2 amide bonds. The van der Waals surface area contributed by atoms with Crippen molar-refractivity contribution in [3.05, 3.63) is 59.9 Å². The van der Waals surface area contributed by atoms with Gasteiger partial charge in [-0.05, 0) is 67.1 Å². The van der Waals surface area contributed by atoms with Gasteiger partial charge in [-0.2, -0.15) is 0 Å². The zero-order valence-electron chi connectivity index (χ0n) is 18.6. The quantitative estimate of drug-likeness (QED) is 0.481. The number of aromatic nitrogens is 1. The highest BCUT2D eigenvalue weighted by Crippen LogP contribution is 2.27. The van der Waals surface area contributed by atoms with E-state index in [0.717, 1.165) is 25.3 Å². The van der Waals surface area contributed by atoms with Gasteiger partial charge in [-0.3, -0.25) is 9.59 Å². The molecule has 1 saturated carbocycles. The van der Waals surface area contributed by atoms with Gasteiger partial charge in [0.15, 0.2) is 0 Å². The van der Waals surface area contributed by atoms with Gasteiger partial charge in [-0.1, -0.05) is 20.3 Å². The molecule has 176 valence electrons. The van der Waals surface area contributed by atoms with E-state index in [-0.39, 0.29) is 23.2 Å². The maximum atomic E-state index is 13.5. The largest absolute Gasteiger partial charge is 0.368 e. The first kappa shape index (κ1) is 24.4. The highest BCUT2D eigenvalue weighted by Gasteiger charge is 2.28. The molecular weight excluding hydrogens is 431 g/mol. The van der Waals surface area contributed by atoms with Gasteiger partial charge in [0, 0.05) is 23.1 Å². The summed E-state index contributed by atoms with van der Waals surface area (Å²) in [6, 6.07) is 9.00. The fourth-order valence-corrected chi connectivity index (χ4v) is 3.63. The lowest BCUT2D eigenvalue weighted by molar-refractivity contribution is -0.132. The number of halogens is 3. The van der Waals surface area contributed by atoms with Crippen LogP contribution >= 0.6 is 0 Å². The van der Waals surface area contributed by atoms with Crippen LogP contribution in [-0.2, 0) is 9.59 Å². The third-order valence-electron chi connectivity index (χ3n) is 5.64. The van der Waals surface area contributed by atoms with Gasteiger partial charge < -0.3 is 16.0 Å². The van der Waals surface area contributed by atoms with Gasteiger partial charge in [0.1, 0.15) is 23.5 Å². The average molecular weight is 460 g/mol. The van der Waals surface area contributed by atoms with Crippen molar-refractivity contribution in [3.8, 4) is 11.3 Å². The summed E-state index contributed by atoms with van der Waals surface area (Å²) in [5, 5.41) is 3.19. The van der Waals surface area contributed by atoms with Crippen LogP contribution < -0.4 is 11.1 Å². The number of nitrogens with one attached hydrogen (secondary N) is 2. The second-order valence-electron chi connectivity index (χ2n) is 8.76. The smallest absolute Gasteiger partial charge is 0.240 e. The minimum Gasteiger partial charge on any atom is -0.368 e. The van der Waals surface area contributed by atoms with Crippen molar-refractivity contribution in [2.45, 2.75) is 45.6 Å². The first-order valence-electron chi connectivity index (χ1n) is 11.0. The minimum atomic E-state index is -0.640. The summed E-state index contributed by atoms with van der Waals surface area (Å²) in [6.07, 6.45) is 3.62. The molecule has 0 radical (unpaired) electrons. The average Bonchev–Trinajstić information content (AvgIpc) is 3.11. The van der Waals surface area contributed by atoms with E-state index in [1.54, 1.807) is 18.2 Å². The highest BCUT2D eigenvalue weighted by atomic mass is 19.1. The summed E-state index contributed by atoms with van der Waals surface area (Å²) < 4.78 is 39.4. The number of fused-ring (bicyclic) bond motifs is 1. The van der Waals surface area contributed by atoms with E-state index in [1.807, 2.05) is 13.8 Å². The molecule has 8 heteroatoms. The Morgan fingerprint density at radius 2 is 1.73 bits per heavy atom. The molecule has 0 spiro atoms. The topological polar surface area (TPSA) is 88.0 Å². The van der Waals surface area contributed by atoms with Crippen molar-refractivity contribution in [3.63, 3.8) is 0 Å². The molecule has 1 aromatic heterocycles. The highest BCUT2D eigenvalue weighted by molar-refractivity contribution is 5.88. The number of hydrogen-bond donors (Lipinski definition) is 3. The van der Waals surface area contributed by atoms with Crippen LogP contribution in [0.25, 0.3) is 22.2 Å². The van der Waals surface area contributed by atoms with E-state index in [2.05, 4.69) is 10.3 Å². The Morgan fingerprint density at radius 3 is 2.27 bits per heavy atom. The van der Waals surface area contributed by atoms with E-state index in [0.29, 0.717) is 29.0 Å². The van der Waals surface area contributed by atoms with Crippen LogP contribution in [0.15, 0.2) is 42.5 Å². The van der Waals surface area contributed by atoms with Gasteiger partial charge in [0.05, 0.1) is 5.52 Å². The third kappa shape index (κ3) is 6.37. The lowest BCUT2D eigenvalue weighted by Gasteiger charge is -2.26. The number of primary amides is 1. The van der Waals surface area contributed by atoms with Gasteiger partial charge >= 0.3 is 0 Å². The van der Waals surface area contributed by atoms with Crippen LogP contribution in [0.2, 0.25) is 0 Å². The molecule has 2 aromatic carbocycles. The molecule has 0 aliphatic heterocycles. The molecule has 4 rings (SSSR count). The SMILES string of the molecule is CC(C)CC(NC(=O)C1CCC1)C(N)=O.Fc1ccc(-c2cc3cc(F)cc(F)c3[nH]2)cc1. The van der Waals surface area contributed by atoms with Crippen molar-refractivity contribution in [2.24, 2.45) is 17.6 Å². The zero-order valence-corrected chi connectivity index (χ0v) is 18.6. The number of carbonyl (C=O) groups excluding carboxylic acids is 2. The molecule has 5 nitrogen and oxygen atoms in total. The van der Waals surface area contributed by atoms with Crippen molar-refractivity contribution >= 4 is 22.7 Å². The van der Waals surface area contributed by atoms with Crippen LogP contribution in [0.1, 0.15) is 39.5 Å². The number of benzene rings is 2. The van der Waals surface area contributed by atoms with E-state index in [1.165, 1.54) is 18.2 Å². The second kappa shape index (κ2) is 10.6. The third-order valence-corrected chi connectivity index (χ3v) is 5.64. The maximum absolute atomic E-state index is 13.5. The fourth-order valence-electron chi connectivity index (χ4n) is 3.63. The first-order chi connectivity index (χ1) is 15.6. The molecule has 1 heterocycles. The number of nitrogens with two attached hydrogens (primary N) is 1. The van der Waals surface area contributed by atoms with Crippen molar-refractivity contribution in [2.75, 3.05) is 0 Å². The Bertz CT molecular complexity index is 1120. The Kier molecular flexibility index (Phi) is 7.79. The lowest BCUT2D eigenvalue weighted by atomic mass is 9.84. The molecule has 1 unspecified atom stereocenters. The molecule has 1 aliphatic rings. The predicted molar refractivity (Wildman–Crippen MR) is 122 cm³/mol. The molecule has 1 atom stereocenters. The summed E-state index contributed by atoms with van der Waals surface area (Å²) in [5.74, 6) is -1.58. The van der Waals surface area contributed by atoms with Crippen LogP contribution in [0.4, 0.5) is 13.2 Å². The van der Waals surface area contributed by atoms with Crippen molar-refractivity contribution in [1.82, 2.24) is 10.3 Å². The summed E-state index contributed by atoms with van der Waals surface area (Å²) in [6.45, 7) is 4.01. The van der Waals surface area contributed by atoms with Crippen LogP contribution in [-0.4, -0.2) is 22.8 Å². The number of rotatable bonds is 6. The van der Waals surface area contributed by atoms with Crippen molar-refractivity contribution < 1.29 is 22.8 Å². The van der Waals surface area contributed by atoms with Crippen LogP contribution in [0.3, 0.4) is 0 Å². The van der Waals surface area contributed by atoms with E-state index >= 15 is 0 Å². The summed E-state index contributed by atoms with van der Waals surface area (Å²) in [5.41, 5.74) is 6.82. The van der Waals surface area contributed by atoms with E-state index in [4.69, 9.17) is 5.73 Å². The van der Waals surface area contributed by atoms with Crippen molar-refractivity contribution in [1.29, 1.82) is 0 Å². The molecule has 3 aromatic rings. The molecule has 0 bridgehead atoms. The number of carbonyl (C=O) groups is 2. The number of H-pyrrole nitrogens is 1. The zero-order chi connectivity index (χ0) is 24.1. The van der Waals surface area contributed by atoms with Gasteiger partial charge in [-0.25, -0.2) is 13.2 Å². The first-order valence-corrected chi connectivity index (χ1v) is 11.0. The van der Waals surface area contributed by atoms with E-state index < -0.39 is 23.6 Å². The molecule has 4 N–H and O–H groups in total. The maximum Gasteiger partial charge on any atom is 0.240 e. The van der Waals surface area contributed by atoms with Crippen LogP contribution in [0, 0.1) is 29.3 Å². The normalized spacial score (nSPS) is 14.4. The Morgan fingerprint density at radius 1 is 1.06 bits per heavy atom. The molecule has 33 heavy (non-hydrogen) atoms. The number of amides is 2. The van der Waals surface area contributed by atoms with E-state index in [9.17, 15) is 22.8 Å². The van der Waals surface area contributed by atoms with Gasteiger partial charge in [0.25, 0.3) is 0 Å². The molecule has 1 fully saturated rings. The number of aromatic amines is 1. The van der Waals surface area contributed by atoms with Crippen LogP contribution in [0.5, 0.6) is 0 Å². The summed E-state index contributed by atoms with van der Waals surface area (Å²) >= 11 is 0. The lowest BCUT2D eigenvalue weighted by Crippen LogP contribution is -2.48. The Hall–Kier alpha value is -3.29. The standard InChI is InChI=1S/C14H8F3N.C11H20N2O2/c15-10-3-1-8(2-4-10)13-6-9-5-11(16)7-12(17)14(9)18-13;1-7(2)6-9(10(12)14)13-11(15)8-4-3-5-8/h1-7,18H;7-9H,3-6H2,1-2H3,(H2,12,14)(H,13,15). The molecular formula is C25H28F3N3O2. The van der Waals surface area contributed by atoms with Gasteiger partial charge in [0.2, 0.25) is 11.8 Å². The summed E-state index contributed by atoms with van der Waals surface area (Å²) in [7, 11) is 0. The Labute approximate surface area is 190 Å². The second-order valence-corrected chi connectivity index (χ2v) is 8.76. The molecule has 0 saturated heterocycles. The monoisotopic (exact) mass is 459 g/mol.